The van der Waals surface area contributed by atoms with Crippen molar-refractivity contribution < 1.29 is 21.6 Å². The van der Waals surface area contributed by atoms with Crippen molar-refractivity contribution in [3.63, 3.8) is 0 Å². The molecule has 22 heavy (non-hydrogen) atoms. The van der Waals surface area contributed by atoms with Gasteiger partial charge in [0.15, 0.2) is 5.96 Å². The van der Waals surface area contributed by atoms with Gasteiger partial charge in [-0.3, -0.25) is 4.99 Å². The summed E-state index contributed by atoms with van der Waals surface area (Å²) in [5, 5.41) is 5.48. The Morgan fingerprint density at radius 3 is 2.09 bits per heavy atom. The van der Waals surface area contributed by atoms with Crippen LogP contribution in [-0.2, 0) is 9.84 Å². The second-order valence-electron chi connectivity index (χ2n) is 5.76. The van der Waals surface area contributed by atoms with Crippen molar-refractivity contribution in [1.29, 1.82) is 0 Å². The molecule has 0 aliphatic rings. The number of nitrogens with zero attached hydrogens (tertiary/aromatic N) is 1. The monoisotopic (exact) mass is 459 g/mol. The van der Waals surface area contributed by atoms with Crippen LogP contribution in [0.4, 0.5) is 13.2 Å². The summed E-state index contributed by atoms with van der Waals surface area (Å²) in [7, 11) is -1.57. The van der Waals surface area contributed by atoms with Gasteiger partial charge >= 0.3 is 6.18 Å². The Bertz CT molecular complexity index is 451. The number of aliphatic imine (C=N–C) groups is 1. The molecule has 0 saturated heterocycles. The molecule has 0 unspecified atom stereocenters. The fraction of sp³-hybridized carbons (Fsp3) is 0.917. The van der Waals surface area contributed by atoms with Crippen LogP contribution >= 0.6 is 24.0 Å². The molecule has 134 valence electrons. The summed E-state index contributed by atoms with van der Waals surface area (Å²) in [5.41, 5.74) is -0.315. The molecule has 0 aliphatic carbocycles. The number of guanidine groups is 1. The minimum absolute atomic E-state index is 0. The van der Waals surface area contributed by atoms with Gasteiger partial charge in [0.1, 0.15) is 9.84 Å². The van der Waals surface area contributed by atoms with Gasteiger partial charge < -0.3 is 10.6 Å². The summed E-state index contributed by atoms with van der Waals surface area (Å²) in [6, 6.07) is 0. The van der Waals surface area contributed by atoms with Gasteiger partial charge in [-0.05, 0) is 11.8 Å². The Hall–Kier alpha value is -0.260. The van der Waals surface area contributed by atoms with Crippen molar-refractivity contribution in [3.05, 3.63) is 0 Å². The van der Waals surface area contributed by atoms with Crippen molar-refractivity contribution >= 4 is 39.8 Å². The van der Waals surface area contributed by atoms with E-state index in [1.54, 1.807) is 0 Å². The highest BCUT2D eigenvalue weighted by molar-refractivity contribution is 14.0. The van der Waals surface area contributed by atoms with Gasteiger partial charge in [0, 0.05) is 26.4 Å². The third kappa shape index (κ3) is 14.7. The highest BCUT2D eigenvalue weighted by atomic mass is 127. The Morgan fingerprint density at radius 2 is 1.68 bits per heavy atom. The zero-order valence-electron chi connectivity index (χ0n) is 13.2. The van der Waals surface area contributed by atoms with Gasteiger partial charge in [-0.1, -0.05) is 13.8 Å². The number of alkyl halides is 3. The lowest BCUT2D eigenvalue weighted by Gasteiger charge is -2.25. The topological polar surface area (TPSA) is 70.6 Å². The largest absolute Gasteiger partial charge is 0.390 e. The van der Waals surface area contributed by atoms with Gasteiger partial charge in [0.25, 0.3) is 0 Å². The van der Waals surface area contributed by atoms with Crippen molar-refractivity contribution in [3.8, 4) is 0 Å². The molecule has 0 aromatic rings. The fourth-order valence-corrected chi connectivity index (χ4v) is 2.34. The van der Waals surface area contributed by atoms with Crippen LogP contribution in [0.5, 0.6) is 0 Å². The molecule has 0 spiro atoms. The van der Waals surface area contributed by atoms with Crippen LogP contribution in [-0.4, -0.2) is 52.7 Å². The predicted molar refractivity (Wildman–Crippen MR) is 93.6 cm³/mol. The van der Waals surface area contributed by atoms with E-state index < -0.39 is 22.4 Å². The van der Waals surface area contributed by atoms with E-state index >= 15 is 0 Å². The second kappa shape index (κ2) is 9.78. The summed E-state index contributed by atoms with van der Waals surface area (Å²) < 4.78 is 58.4. The summed E-state index contributed by atoms with van der Waals surface area (Å²) >= 11 is 0. The molecule has 0 heterocycles. The van der Waals surface area contributed by atoms with E-state index in [-0.39, 0.29) is 47.6 Å². The Kier molecular flexibility index (Phi) is 10.7. The molecule has 5 nitrogen and oxygen atoms in total. The van der Waals surface area contributed by atoms with Crippen molar-refractivity contribution in [1.82, 2.24) is 10.6 Å². The average molecular weight is 459 g/mol. The zero-order valence-corrected chi connectivity index (χ0v) is 16.4. The SMILES string of the molecule is CN=C(NCCC(F)(F)F)NCC(C)(C)CCS(C)(=O)=O.I. The number of rotatable bonds is 7. The molecule has 0 bridgehead atoms. The molecular weight excluding hydrogens is 434 g/mol. The first-order valence-electron chi connectivity index (χ1n) is 6.54. The maximum absolute atomic E-state index is 12.0. The van der Waals surface area contributed by atoms with E-state index in [2.05, 4.69) is 15.6 Å². The second-order valence-corrected chi connectivity index (χ2v) is 8.02. The summed E-state index contributed by atoms with van der Waals surface area (Å²) in [6.45, 7) is 3.92. The van der Waals surface area contributed by atoms with E-state index in [1.807, 2.05) is 13.8 Å². The molecule has 0 aromatic heterocycles. The van der Waals surface area contributed by atoms with Crippen molar-refractivity contribution in [2.75, 3.05) is 32.1 Å². The van der Waals surface area contributed by atoms with Crippen molar-refractivity contribution in [2.45, 2.75) is 32.9 Å². The number of hydrogen-bond donors (Lipinski definition) is 2. The predicted octanol–water partition coefficient (Wildman–Crippen LogP) is 2.18. The van der Waals surface area contributed by atoms with Crippen LogP contribution in [0, 0.1) is 5.41 Å². The van der Waals surface area contributed by atoms with Gasteiger partial charge in [-0.2, -0.15) is 13.2 Å². The molecule has 10 heteroatoms. The maximum atomic E-state index is 12.0. The molecule has 0 rings (SSSR count). The lowest BCUT2D eigenvalue weighted by atomic mass is 9.90. The first kappa shape index (κ1) is 24.0. The van der Waals surface area contributed by atoms with Gasteiger partial charge in [-0.15, -0.1) is 24.0 Å². The summed E-state index contributed by atoms with van der Waals surface area (Å²) in [6.07, 6.45) is -3.52. The summed E-state index contributed by atoms with van der Waals surface area (Å²) in [5.74, 6) is 0.341. The van der Waals surface area contributed by atoms with E-state index in [1.165, 1.54) is 13.3 Å². The highest BCUT2D eigenvalue weighted by Crippen LogP contribution is 2.20. The molecule has 0 amide bonds. The van der Waals surface area contributed by atoms with Gasteiger partial charge in [0.2, 0.25) is 0 Å². The minimum atomic E-state index is -4.21. The normalized spacial score (nSPS) is 13.5. The first-order chi connectivity index (χ1) is 9.35. The Labute approximate surface area is 147 Å². The number of sulfone groups is 1. The van der Waals surface area contributed by atoms with Crippen LogP contribution < -0.4 is 10.6 Å². The third-order valence-corrected chi connectivity index (χ3v) is 3.75. The number of halogens is 4. The Morgan fingerprint density at radius 1 is 1.14 bits per heavy atom. The number of hydrogen-bond acceptors (Lipinski definition) is 3. The van der Waals surface area contributed by atoms with Crippen LogP contribution in [0.25, 0.3) is 0 Å². The van der Waals surface area contributed by atoms with E-state index in [0.29, 0.717) is 13.0 Å². The fourth-order valence-electron chi connectivity index (χ4n) is 1.42. The molecule has 0 fully saturated rings. The molecule has 0 aromatic carbocycles. The molecule has 0 saturated carbocycles. The van der Waals surface area contributed by atoms with E-state index in [0.717, 1.165) is 0 Å². The number of nitrogens with one attached hydrogen (secondary N) is 2. The maximum Gasteiger partial charge on any atom is 0.390 e. The quantitative estimate of drug-likeness (QED) is 0.348. The molecule has 2 N–H and O–H groups in total. The lowest BCUT2D eigenvalue weighted by molar-refractivity contribution is -0.132. The molecular formula is C12H25F3IN3O2S. The molecule has 0 aliphatic heterocycles. The Balaban J connectivity index is 0. The lowest BCUT2D eigenvalue weighted by Crippen LogP contribution is -2.43. The van der Waals surface area contributed by atoms with Crippen LogP contribution in [0.15, 0.2) is 4.99 Å². The standard InChI is InChI=1S/C12H24F3N3O2S.HI/c1-11(2,6-8-21(4,19)20)9-18-10(16-3)17-7-5-12(13,14)15;/h5-9H2,1-4H3,(H2,16,17,18);1H. The van der Waals surface area contributed by atoms with Crippen LogP contribution in [0.1, 0.15) is 26.7 Å². The summed E-state index contributed by atoms with van der Waals surface area (Å²) in [4.78, 5) is 3.83. The van der Waals surface area contributed by atoms with Crippen molar-refractivity contribution in [2.24, 2.45) is 10.4 Å². The van der Waals surface area contributed by atoms with Gasteiger partial charge in [-0.25, -0.2) is 8.42 Å². The third-order valence-electron chi connectivity index (χ3n) is 2.81. The zero-order chi connectivity index (χ0) is 16.7. The minimum Gasteiger partial charge on any atom is -0.356 e. The smallest absolute Gasteiger partial charge is 0.356 e. The highest BCUT2D eigenvalue weighted by Gasteiger charge is 2.26. The van der Waals surface area contributed by atoms with Crippen LogP contribution in [0.3, 0.4) is 0 Å². The van der Waals surface area contributed by atoms with Crippen LogP contribution in [0.2, 0.25) is 0 Å². The van der Waals surface area contributed by atoms with Gasteiger partial charge in [0.05, 0.1) is 12.2 Å². The van der Waals surface area contributed by atoms with E-state index in [9.17, 15) is 21.6 Å². The van der Waals surface area contributed by atoms with E-state index in [4.69, 9.17) is 0 Å². The average Bonchev–Trinajstić information content (AvgIpc) is 2.29. The molecule has 0 radical (unpaired) electrons. The first-order valence-corrected chi connectivity index (χ1v) is 8.60. The molecule has 0 atom stereocenters.